The van der Waals surface area contributed by atoms with Crippen molar-refractivity contribution in [3.8, 4) is 11.5 Å². The van der Waals surface area contributed by atoms with Gasteiger partial charge in [0.2, 0.25) is 0 Å². The lowest BCUT2D eigenvalue weighted by molar-refractivity contribution is 0.256. The van der Waals surface area contributed by atoms with Gasteiger partial charge in [-0.15, -0.1) is 11.6 Å². The molecular formula is C20H27ClO2. The highest BCUT2D eigenvalue weighted by Gasteiger charge is 2.08. The molecule has 0 bridgehead atoms. The van der Waals surface area contributed by atoms with Crippen LogP contribution in [-0.4, -0.2) is 19.1 Å². The highest BCUT2D eigenvalue weighted by Crippen LogP contribution is 2.30. The minimum Gasteiger partial charge on any atom is -0.494 e. The molecule has 23 heavy (non-hydrogen) atoms. The van der Waals surface area contributed by atoms with E-state index in [2.05, 4.69) is 45.0 Å². The Hall–Kier alpha value is -1.41. The summed E-state index contributed by atoms with van der Waals surface area (Å²) in [6, 6.07) is 10.4. The van der Waals surface area contributed by atoms with Gasteiger partial charge < -0.3 is 9.47 Å². The average molecular weight is 335 g/mol. The molecule has 1 atom stereocenters. The zero-order valence-electron chi connectivity index (χ0n) is 14.4. The summed E-state index contributed by atoms with van der Waals surface area (Å²) in [7, 11) is 0. The van der Waals surface area contributed by atoms with Gasteiger partial charge in [-0.3, -0.25) is 0 Å². The fourth-order valence-corrected chi connectivity index (χ4v) is 2.90. The maximum absolute atomic E-state index is 5.98. The molecular weight excluding hydrogens is 308 g/mol. The number of benzene rings is 2. The van der Waals surface area contributed by atoms with E-state index in [1.54, 1.807) is 0 Å². The number of alkyl halides is 1. The van der Waals surface area contributed by atoms with Crippen LogP contribution in [0.2, 0.25) is 0 Å². The lowest BCUT2D eigenvalue weighted by Crippen LogP contribution is -2.09. The van der Waals surface area contributed by atoms with Crippen LogP contribution in [0.1, 0.15) is 38.7 Å². The Morgan fingerprint density at radius 2 is 1.96 bits per heavy atom. The third-order valence-corrected chi connectivity index (χ3v) is 4.32. The van der Waals surface area contributed by atoms with Crippen molar-refractivity contribution in [1.82, 2.24) is 0 Å². The molecule has 0 aromatic heterocycles. The monoisotopic (exact) mass is 334 g/mol. The smallest absolute Gasteiger partial charge is 0.122 e. The zero-order chi connectivity index (χ0) is 16.7. The molecule has 0 aliphatic rings. The minimum absolute atomic E-state index is 0.469. The second kappa shape index (κ2) is 9.02. The van der Waals surface area contributed by atoms with E-state index in [9.17, 15) is 0 Å². The Bertz CT molecular complexity index is 624. The van der Waals surface area contributed by atoms with Gasteiger partial charge in [0.25, 0.3) is 0 Å². The third-order valence-electron chi connectivity index (χ3n) is 4.10. The van der Waals surface area contributed by atoms with Gasteiger partial charge in [0.05, 0.1) is 13.2 Å². The van der Waals surface area contributed by atoms with E-state index in [4.69, 9.17) is 21.1 Å². The van der Waals surface area contributed by atoms with Crippen LogP contribution < -0.4 is 9.47 Å². The molecule has 1 unspecified atom stereocenters. The first-order valence-corrected chi connectivity index (χ1v) is 9.04. The second-order valence-electron chi connectivity index (χ2n) is 6.17. The summed E-state index contributed by atoms with van der Waals surface area (Å²) >= 11 is 5.78. The van der Waals surface area contributed by atoms with E-state index < -0.39 is 0 Å². The van der Waals surface area contributed by atoms with Crippen molar-refractivity contribution in [1.29, 1.82) is 0 Å². The number of halogens is 1. The number of ether oxygens (including phenoxy) is 2. The van der Waals surface area contributed by atoms with Crippen LogP contribution >= 0.6 is 11.6 Å². The highest BCUT2D eigenvalue weighted by molar-refractivity contribution is 6.17. The standard InChI is InChI=1S/C20H27ClO2/c1-4-5-12-22-18-7-8-19-16(3)20(9-6-17(19)13-18)23-14-15(2)10-11-21/h6-9,13,15H,4-5,10-12,14H2,1-3H3. The molecule has 126 valence electrons. The summed E-state index contributed by atoms with van der Waals surface area (Å²) in [6.07, 6.45) is 3.21. The number of unbranched alkanes of at least 4 members (excludes halogenated alkanes) is 1. The molecule has 0 aliphatic carbocycles. The van der Waals surface area contributed by atoms with Crippen LogP contribution in [0.5, 0.6) is 11.5 Å². The van der Waals surface area contributed by atoms with Gasteiger partial charge in [0.15, 0.2) is 0 Å². The van der Waals surface area contributed by atoms with Crippen LogP contribution in [0, 0.1) is 12.8 Å². The molecule has 0 amide bonds. The molecule has 0 saturated heterocycles. The van der Waals surface area contributed by atoms with Crippen molar-refractivity contribution < 1.29 is 9.47 Å². The molecule has 0 spiro atoms. The SMILES string of the molecule is CCCCOc1ccc2c(C)c(OCC(C)CCCl)ccc2c1. The molecule has 0 aliphatic heterocycles. The number of aryl methyl sites for hydroxylation is 1. The van der Waals surface area contributed by atoms with E-state index in [1.807, 2.05) is 6.07 Å². The molecule has 3 heteroatoms. The van der Waals surface area contributed by atoms with Gasteiger partial charge in [-0.25, -0.2) is 0 Å². The van der Waals surface area contributed by atoms with Crippen molar-refractivity contribution in [2.24, 2.45) is 5.92 Å². The van der Waals surface area contributed by atoms with E-state index >= 15 is 0 Å². The number of fused-ring (bicyclic) bond motifs is 1. The highest BCUT2D eigenvalue weighted by atomic mass is 35.5. The predicted molar refractivity (Wildman–Crippen MR) is 99.1 cm³/mol. The van der Waals surface area contributed by atoms with Crippen LogP contribution in [0.15, 0.2) is 30.3 Å². The molecule has 0 fully saturated rings. The number of hydrogen-bond acceptors (Lipinski definition) is 2. The van der Waals surface area contributed by atoms with Crippen LogP contribution in [0.25, 0.3) is 10.8 Å². The van der Waals surface area contributed by atoms with Crippen molar-refractivity contribution in [2.45, 2.75) is 40.0 Å². The molecule has 0 saturated carbocycles. The summed E-state index contributed by atoms with van der Waals surface area (Å²) in [5, 5.41) is 2.41. The summed E-state index contributed by atoms with van der Waals surface area (Å²) < 4.78 is 11.8. The third kappa shape index (κ3) is 5.04. The topological polar surface area (TPSA) is 18.5 Å². The lowest BCUT2D eigenvalue weighted by atomic mass is 10.0. The van der Waals surface area contributed by atoms with Crippen molar-refractivity contribution in [3.05, 3.63) is 35.9 Å². The van der Waals surface area contributed by atoms with E-state index in [1.165, 1.54) is 16.3 Å². The second-order valence-corrected chi connectivity index (χ2v) is 6.55. The van der Waals surface area contributed by atoms with Gasteiger partial charge in [0, 0.05) is 5.88 Å². The number of rotatable bonds is 9. The molecule has 2 aromatic rings. The molecule has 0 heterocycles. The molecule has 2 nitrogen and oxygen atoms in total. The summed E-state index contributed by atoms with van der Waals surface area (Å²) in [5.74, 6) is 3.05. The van der Waals surface area contributed by atoms with Gasteiger partial charge in [-0.05, 0) is 60.2 Å². The minimum atomic E-state index is 0.469. The zero-order valence-corrected chi connectivity index (χ0v) is 15.2. The summed E-state index contributed by atoms with van der Waals surface area (Å²) in [5.41, 5.74) is 1.18. The van der Waals surface area contributed by atoms with Crippen molar-refractivity contribution >= 4 is 22.4 Å². The predicted octanol–water partition coefficient (Wildman–Crippen LogP) is 5.97. The van der Waals surface area contributed by atoms with Crippen molar-refractivity contribution in [2.75, 3.05) is 19.1 Å². The first-order valence-electron chi connectivity index (χ1n) is 8.50. The van der Waals surface area contributed by atoms with E-state index in [0.29, 0.717) is 18.4 Å². The van der Waals surface area contributed by atoms with E-state index in [-0.39, 0.29) is 0 Å². The molecule has 2 rings (SSSR count). The Balaban J connectivity index is 2.11. The Kier molecular flexibility index (Phi) is 7.04. The van der Waals surface area contributed by atoms with Gasteiger partial charge >= 0.3 is 0 Å². The van der Waals surface area contributed by atoms with Gasteiger partial charge in [-0.1, -0.05) is 32.4 Å². The molecule has 2 aromatic carbocycles. The molecule has 0 radical (unpaired) electrons. The fourth-order valence-electron chi connectivity index (χ4n) is 2.53. The largest absolute Gasteiger partial charge is 0.494 e. The first-order chi connectivity index (χ1) is 11.2. The maximum Gasteiger partial charge on any atom is 0.122 e. The fraction of sp³-hybridized carbons (Fsp3) is 0.500. The average Bonchev–Trinajstić information content (AvgIpc) is 2.55. The Labute approximate surface area is 144 Å². The lowest BCUT2D eigenvalue weighted by Gasteiger charge is -2.15. The Morgan fingerprint density at radius 3 is 2.70 bits per heavy atom. The normalized spacial score (nSPS) is 12.3. The Morgan fingerprint density at radius 1 is 1.13 bits per heavy atom. The van der Waals surface area contributed by atoms with E-state index in [0.717, 1.165) is 37.4 Å². The number of hydrogen-bond donors (Lipinski definition) is 0. The molecule has 0 N–H and O–H groups in total. The quantitative estimate of drug-likeness (QED) is 0.415. The van der Waals surface area contributed by atoms with Crippen LogP contribution in [0.3, 0.4) is 0 Å². The van der Waals surface area contributed by atoms with Crippen LogP contribution in [-0.2, 0) is 0 Å². The maximum atomic E-state index is 5.98. The van der Waals surface area contributed by atoms with Gasteiger partial charge in [0.1, 0.15) is 11.5 Å². The van der Waals surface area contributed by atoms with Crippen LogP contribution in [0.4, 0.5) is 0 Å². The van der Waals surface area contributed by atoms with Crippen molar-refractivity contribution in [3.63, 3.8) is 0 Å². The van der Waals surface area contributed by atoms with Gasteiger partial charge in [-0.2, -0.15) is 0 Å². The summed E-state index contributed by atoms with van der Waals surface area (Å²) in [4.78, 5) is 0. The summed E-state index contributed by atoms with van der Waals surface area (Å²) in [6.45, 7) is 7.93. The first kappa shape index (κ1) is 17.9.